The molecule has 0 spiro atoms. The average molecular weight is 384 g/mol. The van der Waals surface area contributed by atoms with Gasteiger partial charge in [0.25, 0.3) is 11.5 Å². The first-order valence-corrected chi connectivity index (χ1v) is 9.65. The van der Waals surface area contributed by atoms with Gasteiger partial charge in [0.1, 0.15) is 5.65 Å². The molecule has 1 aliphatic carbocycles. The molecule has 0 radical (unpaired) electrons. The number of amides is 1. The molecule has 1 aliphatic rings. The van der Waals surface area contributed by atoms with Crippen molar-refractivity contribution >= 4 is 34.0 Å². The molecule has 3 aromatic rings. The summed E-state index contributed by atoms with van der Waals surface area (Å²) in [5, 5.41) is 3.11. The van der Waals surface area contributed by atoms with Crippen molar-refractivity contribution in [1.82, 2.24) is 14.1 Å². The highest BCUT2D eigenvalue weighted by atomic mass is 32.1. The molecule has 1 unspecified atom stereocenters. The number of aryl methyl sites for hydroxylation is 2. The molecular formula is C19H20N4O3S. The molecule has 1 N–H and O–H groups in total. The number of anilines is 1. The highest BCUT2D eigenvalue weighted by Gasteiger charge is 2.21. The van der Waals surface area contributed by atoms with Crippen LogP contribution in [0.4, 0.5) is 5.69 Å². The predicted molar refractivity (Wildman–Crippen MR) is 106 cm³/mol. The van der Waals surface area contributed by atoms with Crippen LogP contribution in [0.15, 0.2) is 27.9 Å². The molecule has 0 saturated carbocycles. The van der Waals surface area contributed by atoms with Gasteiger partial charge < -0.3 is 5.32 Å². The summed E-state index contributed by atoms with van der Waals surface area (Å²) in [6.45, 7) is 2.23. The van der Waals surface area contributed by atoms with Gasteiger partial charge in [0.05, 0.1) is 22.1 Å². The van der Waals surface area contributed by atoms with Crippen molar-refractivity contribution in [2.75, 3.05) is 5.32 Å². The lowest BCUT2D eigenvalue weighted by Gasteiger charge is -2.16. The Morgan fingerprint density at radius 2 is 2.04 bits per heavy atom. The van der Waals surface area contributed by atoms with Crippen molar-refractivity contribution in [3.8, 4) is 0 Å². The Morgan fingerprint density at radius 3 is 2.81 bits per heavy atom. The first-order valence-electron chi connectivity index (χ1n) is 8.84. The van der Waals surface area contributed by atoms with Gasteiger partial charge in [0.2, 0.25) is 0 Å². The standard InChI is InChI=1S/C19H20N4O3S/c1-10-4-5-14-11(6-10)7-15(27-14)17(24)21-12-8-13-16(20-9-12)22(2)19(26)23(3)18(13)25/h7-10H,4-6H2,1-3H3,(H,21,24). The molecule has 8 heteroatoms. The third-order valence-electron chi connectivity index (χ3n) is 5.10. The monoisotopic (exact) mass is 384 g/mol. The SMILES string of the molecule is CC1CCc2sc(C(=O)Nc3cnc4c(c3)c(=O)n(C)c(=O)n4C)cc2C1. The van der Waals surface area contributed by atoms with Crippen molar-refractivity contribution < 1.29 is 4.79 Å². The van der Waals surface area contributed by atoms with E-state index in [1.165, 1.54) is 39.6 Å². The van der Waals surface area contributed by atoms with Gasteiger partial charge in [0, 0.05) is 19.0 Å². The molecular weight excluding hydrogens is 364 g/mol. The number of nitrogens with one attached hydrogen (secondary N) is 1. The van der Waals surface area contributed by atoms with Gasteiger partial charge in [-0.1, -0.05) is 6.92 Å². The van der Waals surface area contributed by atoms with Crippen LogP contribution in [0.2, 0.25) is 0 Å². The minimum absolute atomic E-state index is 0.204. The van der Waals surface area contributed by atoms with Gasteiger partial charge in [-0.15, -0.1) is 11.3 Å². The number of hydrogen-bond donors (Lipinski definition) is 1. The first-order chi connectivity index (χ1) is 12.8. The number of thiophene rings is 1. The van der Waals surface area contributed by atoms with E-state index in [-0.39, 0.29) is 11.3 Å². The molecule has 1 amide bonds. The van der Waals surface area contributed by atoms with Crippen molar-refractivity contribution in [1.29, 1.82) is 0 Å². The quantitative estimate of drug-likeness (QED) is 0.733. The van der Waals surface area contributed by atoms with Gasteiger partial charge in [-0.3, -0.25) is 18.7 Å². The van der Waals surface area contributed by atoms with E-state index < -0.39 is 11.2 Å². The van der Waals surface area contributed by atoms with Crippen LogP contribution in [0.1, 0.15) is 33.5 Å². The van der Waals surface area contributed by atoms with Crippen LogP contribution in [0.25, 0.3) is 11.0 Å². The summed E-state index contributed by atoms with van der Waals surface area (Å²) in [4.78, 5) is 43.2. The van der Waals surface area contributed by atoms with Crippen molar-refractivity contribution in [2.45, 2.75) is 26.2 Å². The van der Waals surface area contributed by atoms with Gasteiger partial charge in [0.15, 0.2) is 0 Å². The average Bonchev–Trinajstić information content (AvgIpc) is 3.08. The number of pyridine rings is 1. The van der Waals surface area contributed by atoms with Crippen molar-refractivity contribution in [3.05, 3.63) is 54.5 Å². The van der Waals surface area contributed by atoms with Crippen LogP contribution in [0.5, 0.6) is 0 Å². The molecule has 0 bridgehead atoms. The summed E-state index contributed by atoms with van der Waals surface area (Å²) in [6.07, 6.45) is 4.66. The third kappa shape index (κ3) is 2.99. The molecule has 4 rings (SSSR count). The fraction of sp³-hybridized carbons (Fsp3) is 0.368. The minimum Gasteiger partial charge on any atom is -0.320 e. The number of rotatable bonds is 2. The van der Waals surface area contributed by atoms with E-state index in [2.05, 4.69) is 17.2 Å². The zero-order valence-electron chi connectivity index (χ0n) is 15.4. The summed E-state index contributed by atoms with van der Waals surface area (Å²) in [6, 6.07) is 3.54. The van der Waals surface area contributed by atoms with Gasteiger partial charge >= 0.3 is 5.69 Å². The van der Waals surface area contributed by atoms with E-state index in [1.54, 1.807) is 13.1 Å². The van der Waals surface area contributed by atoms with Gasteiger partial charge in [-0.25, -0.2) is 9.78 Å². The fourth-order valence-electron chi connectivity index (χ4n) is 3.54. The van der Waals surface area contributed by atoms with Gasteiger partial charge in [-0.2, -0.15) is 0 Å². The number of aromatic nitrogens is 3. The van der Waals surface area contributed by atoms with Crippen LogP contribution in [0, 0.1) is 5.92 Å². The number of carbonyl (C=O) groups is 1. The van der Waals surface area contributed by atoms with Crippen LogP contribution < -0.4 is 16.6 Å². The second kappa shape index (κ2) is 6.45. The summed E-state index contributed by atoms with van der Waals surface area (Å²) >= 11 is 1.53. The summed E-state index contributed by atoms with van der Waals surface area (Å²) in [5.74, 6) is 0.445. The van der Waals surface area contributed by atoms with E-state index in [9.17, 15) is 14.4 Å². The van der Waals surface area contributed by atoms with E-state index in [0.29, 0.717) is 22.1 Å². The molecule has 0 aromatic carbocycles. The maximum atomic E-state index is 12.7. The first kappa shape index (κ1) is 17.7. The molecule has 1 atom stereocenters. The lowest BCUT2D eigenvalue weighted by atomic mass is 9.90. The highest BCUT2D eigenvalue weighted by Crippen LogP contribution is 2.32. The molecule has 27 heavy (non-hydrogen) atoms. The molecule has 0 aliphatic heterocycles. The lowest BCUT2D eigenvalue weighted by molar-refractivity contribution is 0.103. The van der Waals surface area contributed by atoms with E-state index >= 15 is 0 Å². The molecule has 0 saturated heterocycles. The fourth-order valence-corrected chi connectivity index (χ4v) is 4.65. The molecule has 3 aromatic heterocycles. The summed E-state index contributed by atoms with van der Waals surface area (Å²) in [5.41, 5.74) is 1.13. The topological polar surface area (TPSA) is 86.0 Å². The van der Waals surface area contributed by atoms with E-state index in [4.69, 9.17) is 0 Å². The smallest absolute Gasteiger partial charge is 0.320 e. The number of carbonyl (C=O) groups excluding carboxylic acids is 1. The van der Waals surface area contributed by atoms with Gasteiger partial charge in [-0.05, 0) is 42.9 Å². The largest absolute Gasteiger partial charge is 0.332 e. The second-order valence-electron chi connectivity index (χ2n) is 7.16. The Morgan fingerprint density at radius 1 is 1.26 bits per heavy atom. The number of hydrogen-bond acceptors (Lipinski definition) is 5. The van der Waals surface area contributed by atoms with Crippen LogP contribution >= 0.6 is 11.3 Å². The number of fused-ring (bicyclic) bond motifs is 2. The number of nitrogens with zero attached hydrogens (tertiary/aromatic N) is 3. The molecule has 140 valence electrons. The van der Waals surface area contributed by atoms with Crippen LogP contribution in [-0.4, -0.2) is 20.0 Å². The Hall–Kier alpha value is -2.74. The van der Waals surface area contributed by atoms with Crippen LogP contribution in [-0.2, 0) is 26.9 Å². The maximum absolute atomic E-state index is 12.7. The normalized spacial score (nSPS) is 16.3. The Kier molecular flexibility index (Phi) is 4.22. The van der Waals surface area contributed by atoms with Crippen molar-refractivity contribution in [2.24, 2.45) is 20.0 Å². The minimum atomic E-state index is -0.435. The molecule has 7 nitrogen and oxygen atoms in total. The van der Waals surface area contributed by atoms with E-state index in [1.807, 2.05) is 6.07 Å². The molecule has 3 heterocycles. The highest BCUT2D eigenvalue weighted by molar-refractivity contribution is 7.14. The zero-order valence-corrected chi connectivity index (χ0v) is 16.2. The van der Waals surface area contributed by atoms with Crippen molar-refractivity contribution in [3.63, 3.8) is 0 Å². The summed E-state index contributed by atoms with van der Waals surface area (Å²) in [7, 11) is 2.99. The lowest BCUT2D eigenvalue weighted by Crippen LogP contribution is -2.37. The maximum Gasteiger partial charge on any atom is 0.332 e. The van der Waals surface area contributed by atoms with Crippen LogP contribution in [0.3, 0.4) is 0 Å². The predicted octanol–water partition coefficient (Wildman–Crippen LogP) is 2.07. The second-order valence-corrected chi connectivity index (χ2v) is 8.30. The zero-order chi connectivity index (χ0) is 19.3. The Labute approximate surface area is 159 Å². The third-order valence-corrected chi connectivity index (χ3v) is 6.34. The Balaban J connectivity index is 1.67. The molecule has 0 fully saturated rings. The van der Waals surface area contributed by atoms with E-state index in [0.717, 1.165) is 23.8 Å². The summed E-state index contributed by atoms with van der Waals surface area (Å²) < 4.78 is 2.35. The Bertz CT molecular complexity index is 1190.